The highest BCUT2D eigenvalue weighted by molar-refractivity contribution is 8.16. The van der Waals surface area contributed by atoms with Gasteiger partial charge in [0.2, 0.25) is 17.7 Å². The molecule has 1 saturated heterocycles. The molecule has 1 aliphatic heterocycles. The van der Waals surface area contributed by atoms with Crippen molar-refractivity contribution in [2.75, 3.05) is 30.9 Å². The summed E-state index contributed by atoms with van der Waals surface area (Å²) in [7, 11) is 3.67. The van der Waals surface area contributed by atoms with Crippen molar-refractivity contribution in [1.29, 1.82) is 0 Å². The van der Waals surface area contributed by atoms with E-state index in [0.717, 1.165) is 0 Å². The molecule has 7 nitrogen and oxygen atoms in total. The topological polar surface area (TPSA) is 78.2 Å². The number of rotatable bonds is 5. The van der Waals surface area contributed by atoms with Crippen molar-refractivity contribution in [3.05, 3.63) is 42.7 Å². The number of amides is 2. The maximum Gasteiger partial charge on any atom is 0.248 e. The van der Waals surface area contributed by atoms with Crippen LogP contribution in [0.4, 0.5) is 17.3 Å². The molecule has 0 radical (unpaired) electrons. The minimum Gasteiger partial charge on any atom is -0.448 e. The van der Waals surface area contributed by atoms with Crippen LogP contribution < -0.4 is 10.2 Å². The van der Waals surface area contributed by atoms with E-state index in [2.05, 4.69) is 10.3 Å². The lowest BCUT2D eigenvalue weighted by atomic mass is 10.3. The molecule has 3 rings (SSSR count). The van der Waals surface area contributed by atoms with Crippen molar-refractivity contribution in [1.82, 2.24) is 4.90 Å². The minimum absolute atomic E-state index is 0.0702. The summed E-state index contributed by atoms with van der Waals surface area (Å²) in [6, 6.07) is 10.7. The van der Waals surface area contributed by atoms with E-state index >= 15 is 0 Å². The summed E-state index contributed by atoms with van der Waals surface area (Å²) in [5.41, 5.74) is 1.30. The second-order valence-electron chi connectivity index (χ2n) is 6.12. The minimum atomic E-state index is -0.234. The van der Waals surface area contributed by atoms with Gasteiger partial charge in [0.25, 0.3) is 0 Å². The molecule has 2 amide bonds. The highest BCUT2D eigenvalue weighted by atomic mass is 32.2. The van der Waals surface area contributed by atoms with Gasteiger partial charge in [0.05, 0.1) is 23.7 Å². The Balaban J connectivity index is 1.83. The largest absolute Gasteiger partial charge is 0.448 e. The van der Waals surface area contributed by atoms with Crippen LogP contribution in [0.15, 0.2) is 52.1 Å². The Kier molecular flexibility index (Phi) is 5.43. The quantitative estimate of drug-likeness (QED) is 0.873. The molecule has 0 bridgehead atoms. The van der Waals surface area contributed by atoms with Crippen molar-refractivity contribution < 1.29 is 14.0 Å². The smallest absolute Gasteiger partial charge is 0.248 e. The zero-order valence-corrected chi connectivity index (χ0v) is 15.6. The number of thioether (sulfide) groups is 1. The number of nitrogens with one attached hydrogen (secondary N) is 1. The van der Waals surface area contributed by atoms with Crippen LogP contribution in [0.3, 0.4) is 0 Å². The molecule has 1 atom stereocenters. The van der Waals surface area contributed by atoms with E-state index in [9.17, 15) is 9.59 Å². The average molecular weight is 372 g/mol. The van der Waals surface area contributed by atoms with Gasteiger partial charge in [0.1, 0.15) is 0 Å². The molecule has 1 unspecified atom stereocenters. The van der Waals surface area contributed by atoms with Gasteiger partial charge in [0, 0.05) is 11.8 Å². The van der Waals surface area contributed by atoms with Gasteiger partial charge < -0.3 is 14.6 Å². The number of nitrogens with zero attached hydrogens (tertiary/aromatic N) is 3. The highest BCUT2D eigenvalue weighted by Crippen LogP contribution is 2.33. The van der Waals surface area contributed by atoms with Gasteiger partial charge >= 0.3 is 0 Å². The van der Waals surface area contributed by atoms with Gasteiger partial charge in [-0.25, -0.2) is 9.89 Å². The predicted octanol–water partition coefficient (Wildman–Crippen LogP) is 2.94. The van der Waals surface area contributed by atoms with E-state index in [1.807, 2.05) is 33.2 Å². The van der Waals surface area contributed by atoms with Crippen molar-refractivity contribution in [3.8, 4) is 0 Å². The lowest BCUT2D eigenvalue weighted by Crippen LogP contribution is -2.30. The Morgan fingerprint density at radius 2 is 2.15 bits per heavy atom. The summed E-state index contributed by atoms with van der Waals surface area (Å²) in [6.45, 7) is 2.14. The van der Waals surface area contributed by atoms with E-state index in [1.54, 1.807) is 29.2 Å². The molecule has 1 N–H and O–H groups in total. The fourth-order valence-electron chi connectivity index (χ4n) is 2.47. The maximum atomic E-state index is 12.4. The summed E-state index contributed by atoms with van der Waals surface area (Å²) < 4.78 is 5.37. The summed E-state index contributed by atoms with van der Waals surface area (Å²) in [6.07, 6.45) is 1.52. The van der Waals surface area contributed by atoms with Crippen LogP contribution in [0.1, 0.15) is 6.92 Å². The summed E-state index contributed by atoms with van der Waals surface area (Å²) in [5, 5.41) is 3.15. The molecule has 2 aromatic rings. The molecule has 0 aliphatic carbocycles. The molecular formula is C18H20N4O3S. The van der Waals surface area contributed by atoms with Crippen LogP contribution in [0.2, 0.25) is 0 Å². The van der Waals surface area contributed by atoms with Crippen LogP contribution in [0.5, 0.6) is 0 Å². The first kappa shape index (κ1) is 18.2. The zero-order valence-electron chi connectivity index (χ0n) is 14.8. The van der Waals surface area contributed by atoms with Gasteiger partial charge in [-0.05, 0) is 45.3 Å². The van der Waals surface area contributed by atoms with Crippen molar-refractivity contribution in [2.24, 2.45) is 4.99 Å². The summed E-state index contributed by atoms with van der Waals surface area (Å²) >= 11 is 1.38. The zero-order chi connectivity index (χ0) is 18.7. The highest BCUT2D eigenvalue weighted by Gasteiger charge is 2.37. The Hall–Kier alpha value is -2.58. The Morgan fingerprint density at radius 3 is 2.85 bits per heavy atom. The first-order valence-corrected chi connectivity index (χ1v) is 8.99. The van der Waals surface area contributed by atoms with Crippen LogP contribution >= 0.6 is 11.8 Å². The van der Waals surface area contributed by atoms with Crippen molar-refractivity contribution >= 4 is 46.0 Å². The number of amidine groups is 1. The molecule has 0 saturated carbocycles. The SMILES string of the molecule is CC1SC(=Nc2cccc(NC(=O)CN(C)C)c2)N(c2ccco2)C1=O. The van der Waals surface area contributed by atoms with Crippen LogP contribution in [0, 0.1) is 0 Å². The lowest BCUT2D eigenvalue weighted by molar-refractivity contribution is -0.117. The molecule has 1 aromatic heterocycles. The number of anilines is 2. The molecule has 1 aliphatic rings. The second-order valence-corrected chi connectivity index (χ2v) is 7.42. The number of aliphatic imine (C=N–C) groups is 1. The predicted molar refractivity (Wildman–Crippen MR) is 104 cm³/mol. The van der Waals surface area contributed by atoms with E-state index in [-0.39, 0.29) is 17.1 Å². The number of hydrogen-bond donors (Lipinski definition) is 1. The van der Waals surface area contributed by atoms with Gasteiger partial charge in [-0.1, -0.05) is 17.8 Å². The second kappa shape index (κ2) is 7.76. The molecule has 2 heterocycles. The summed E-state index contributed by atoms with van der Waals surface area (Å²) in [4.78, 5) is 32.2. The molecular weight excluding hydrogens is 352 g/mol. The number of benzene rings is 1. The van der Waals surface area contributed by atoms with Crippen LogP contribution in [0.25, 0.3) is 0 Å². The van der Waals surface area contributed by atoms with Gasteiger partial charge in [-0.15, -0.1) is 0 Å². The number of likely N-dealkylation sites (N-methyl/N-ethyl adjacent to an activating group) is 1. The fourth-order valence-corrected chi connectivity index (χ4v) is 3.43. The number of furan rings is 1. The van der Waals surface area contributed by atoms with Gasteiger partial charge in [-0.2, -0.15) is 0 Å². The van der Waals surface area contributed by atoms with E-state index in [1.165, 1.54) is 22.9 Å². The monoisotopic (exact) mass is 372 g/mol. The fraction of sp³-hybridized carbons (Fsp3) is 0.278. The van der Waals surface area contributed by atoms with E-state index in [4.69, 9.17) is 4.42 Å². The Morgan fingerprint density at radius 1 is 1.35 bits per heavy atom. The lowest BCUT2D eigenvalue weighted by Gasteiger charge is -2.13. The Bertz CT molecular complexity index is 833. The number of carbonyl (C=O) groups excluding carboxylic acids is 2. The van der Waals surface area contributed by atoms with Crippen LogP contribution in [-0.2, 0) is 9.59 Å². The molecule has 1 aromatic carbocycles. The average Bonchev–Trinajstić information content (AvgIpc) is 3.16. The molecule has 8 heteroatoms. The Labute approximate surface area is 156 Å². The maximum absolute atomic E-state index is 12.4. The molecule has 136 valence electrons. The normalized spacial score (nSPS) is 18.8. The third-order valence-electron chi connectivity index (χ3n) is 3.58. The van der Waals surface area contributed by atoms with E-state index < -0.39 is 0 Å². The van der Waals surface area contributed by atoms with Crippen LogP contribution in [-0.4, -0.2) is 47.8 Å². The van der Waals surface area contributed by atoms with Gasteiger partial charge in [0.15, 0.2) is 5.17 Å². The molecule has 1 fully saturated rings. The standard InChI is InChI=1S/C18H20N4O3S/c1-12-17(24)22(16-8-5-9-25-16)18(26-12)20-14-7-4-6-13(10-14)19-15(23)11-21(2)3/h4-10,12H,11H2,1-3H3,(H,19,23). The molecule has 0 spiro atoms. The van der Waals surface area contributed by atoms with Crippen molar-refractivity contribution in [2.45, 2.75) is 12.2 Å². The first-order valence-electron chi connectivity index (χ1n) is 8.11. The number of carbonyl (C=O) groups is 2. The number of hydrogen-bond acceptors (Lipinski definition) is 6. The third kappa shape index (κ3) is 4.14. The molecule has 26 heavy (non-hydrogen) atoms. The van der Waals surface area contributed by atoms with E-state index in [0.29, 0.717) is 29.0 Å². The first-order chi connectivity index (χ1) is 12.4. The van der Waals surface area contributed by atoms with Gasteiger partial charge in [-0.3, -0.25) is 9.59 Å². The summed E-state index contributed by atoms with van der Waals surface area (Å²) in [5.74, 6) is 0.274. The van der Waals surface area contributed by atoms with Crippen molar-refractivity contribution in [3.63, 3.8) is 0 Å². The third-order valence-corrected chi connectivity index (χ3v) is 4.62.